The minimum atomic E-state index is 0.461. The lowest BCUT2D eigenvalue weighted by molar-refractivity contribution is 0.324. The van der Waals surface area contributed by atoms with Crippen LogP contribution in [0.4, 0.5) is 0 Å². The van der Waals surface area contributed by atoms with Gasteiger partial charge in [-0.15, -0.1) is 0 Å². The number of halogens is 1. The highest BCUT2D eigenvalue weighted by atomic mass is 79.9. The fraction of sp³-hybridized carbons (Fsp3) is 0.429. The summed E-state index contributed by atoms with van der Waals surface area (Å²) in [4.78, 5) is 0. The predicted octanol–water partition coefficient (Wildman–Crippen LogP) is 3.52. The molecule has 0 saturated heterocycles. The van der Waals surface area contributed by atoms with Gasteiger partial charge >= 0.3 is 0 Å². The molecule has 0 atom stereocenters. The van der Waals surface area contributed by atoms with Crippen molar-refractivity contribution in [3.8, 4) is 11.5 Å². The summed E-state index contributed by atoms with van der Waals surface area (Å²) in [5.41, 5.74) is 1.16. The van der Waals surface area contributed by atoms with Crippen LogP contribution >= 0.6 is 15.9 Å². The molecule has 0 aliphatic carbocycles. The van der Waals surface area contributed by atoms with Crippen LogP contribution in [0.25, 0.3) is 0 Å². The molecule has 1 aromatic carbocycles. The van der Waals surface area contributed by atoms with Gasteiger partial charge < -0.3 is 14.8 Å². The van der Waals surface area contributed by atoms with Gasteiger partial charge in [0.2, 0.25) is 0 Å². The zero-order valence-corrected chi connectivity index (χ0v) is 12.5. The van der Waals surface area contributed by atoms with Crippen LogP contribution in [0.2, 0.25) is 0 Å². The van der Waals surface area contributed by atoms with Crippen molar-refractivity contribution in [2.45, 2.75) is 19.9 Å². The third-order valence-corrected chi connectivity index (χ3v) is 2.98. The fourth-order valence-corrected chi connectivity index (χ4v) is 2.17. The number of nitrogens with one attached hydrogen (secondary N) is 1. The van der Waals surface area contributed by atoms with Crippen molar-refractivity contribution >= 4 is 15.9 Å². The van der Waals surface area contributed by atoms with Crippen LogP contribution in [-0.2, 0) is 6.54 Å². The number of methoxy groups -OCH3 is 1. The fourth-order valence-electron chi connectivity index (χ4n) is 1.57. The highest BCUT2D eigenvalue weighted by Gasteiger charge is 2.11. The van der Waals surface area contributed by atoms with Crippen molar-refractivity contribution < 1.29 is 9.47 Å². The summed E-state index contributed by atoms with van der Waals surface area (Å²) < 4.78 is 11.8. The summed E-state index contributed by atoms with van der Waals surface area (Å²) in [6, 6.07) is 4.04. The first-order valence-corrected chi connectivity index (χ1v) is 6.83. The maximum atomic E-state index is 5.58. The molecular weight excluding hydrogens is 294 g/mol. The number of rotatable bonds is 8. The molecule has 0 heterocycles. The van der Waals surface area contributed by atoms with Gasteiger partial charge in [0.1, 0.15) is 6.61 Å². The largest absolute Gasteiger partial charge is 0.493 e. The second-order valence-electron chi connectivity index (χ2n) is 3.89. The van der Waals surface area contributed by atoms with E-state index in [2.05, 4.69) is 34.7 Å². The van der Waals surface area contributed by atoms with Crippen molar-refractivity contribution in [2.75, 3.05) is 20.3 Å². The minimum Gasteiger partial charge on any atom is -0.493 e. The van der Waals surface area contributed by atoms with Crippen LogP contribution in [0.15, 0.2) is 29.3 Å². The summed E-state index contributed by atoms with van der Waals surface area (Å²) in [7, 11) is 1.64. The lowest BCUT2D eigenvalue weighted by atomic mass is 10.2. The summed E-state index contributed by atoms with van der Waals surface area (Å²) in [6.45, 7) is 8.08. The van der Waals surface area contributed by atoms with E-state index in [-0.39, 0.29) is 0 Å². The SMILES string of the molecule is C=CCOc1c(Br)cc(CNCCC)cc1OC. The van der Waals surface area contributed by atoms with Crippen LogP contribution in [0.3, 0.4) is 0 Å². The third kappa shape index (κ3) is 4.35. The summed E-state index contributed by atoms with van der Waals surface area (Å²) >= 11 is 3.51. The maximum Gasteiger partial charge on any atom is 0.175 e. The van der Waals surface area contributed by atoms with Crippen molar-refractivity contribution in [1.82, 2.24) is 5.32 Å². The van der Waals surface area contributed by atoms with Gasteiger partial charge in [0, 0.05) is 6.54 Å². The molecule has 0 aliphatic rings. The first kappa shape index (κ1) is 15.1. The second kappa shape index (κ2) is 8.16. The highest BCUT2D eigenvalue weighted by molar-refractivity contribution is 9.10. The molecule has 0 aromatic heterocycles. The summed E-state index contributed by atoms with van der Waals surface area (Å²) in [5, 5.41) is 3.36. The zero-order valence-electron chi connectivity index (χ0n) is 11.0. The second-order valence-corrected chi connectivity index (χ2v) is 4.74. The summed E-state index contributed by atoms with van der Waals surface area (Å²) in [5.74, 6) is 1.45. The van der Waals surface area contributed by atoms with E-state index in [0.29, 0.717) is 6.61 Å². The molecule has 0 unspecified atom stereocenters. The van der Waals surface area contributed by atoms with Crippen molar-refractivity contribution in [3.05, 3.63) is 34.8 Å². The quantitative estimate of drug-likeness (QED) is 0.588. The highest BCUT2D eigenvalue weighted by Crippen LogP contribution is 2.36. The molecule has 0 fully saturated rings. The van der Waals surface area contributed by atoms with Crippen LogP contribution < -0.4 is 14.8 Å². The van der Waals surface area contributed by atoms with Crippen molar-refractivity contribution in [2.24, 2.45) is 0 Å². The smallest absolute Gasteiger partial charge is 0.175 e. The summed E-state index contributed by atoms with van der Waals surface area (Å²) in [6.07, 6.45) is 2.83. The molecule has 3 nitrogen and oxygen atoms in total. The predicted molar refractivity (Wildman–Crippen MR) is 78.4 cm³/mol. The number of hydrogen-bond acceptors (Lipinski definition) is 3. The van der Waals surface area contributed by atoms with Gasteiger partial charge in [-0.05, 0) is 46.6 Å². The van der Waals surface area contributed by atoms with Gasteiger partial charge in [-0.3, -0.25) is 0 Å². The molecule has 100 valence electrons. The van der Waals surface area contributed by atoms with Gasteiger partial charge in [0.15, 0.2) is 11.5 Å². The van der Waals surface area contributed by atoms with E-state index in [9.17, 15) is 0 Å². The van der Waals surface area contributed by atoms with Crippen LogP contribution in [-0.4, -0.2) is 20.3 Å². The molecular formula is C14H20BrNO2. The Morgan fingerprint density at radius 1 is 1.44 bits per heavy atom. The van der Waals surface area contributed by atoms with E-state index in [4.69, 9.17) is 9.47 Å². The number of benzene rings is 1. The van der Waals surface area contributed by atoms with Gasteiger partial charge in [-0.1, -0.05) is 19.6 Å². The monoisotopic (exact) mass is 313 g/mol. The van der Waals surface area contributed by atoms with E-state index >= 15 is 0 Å². The van der Waals surface area contributed by atoms with E-state index in [0.717, 1.165) is 41.0 Å². The van der Waals surface area contributed by atoms with Crippen LogP contribution in [0.5, 0.6) is 11.5 Å². The standard InChI is InChI=1S/C14H20BrNO2/c1-4-6-16-10-11-8-12(15)14(18-7-5-2)13(9-11)17-3/h5,8-9,16H,2,4,6-7,10H2,1,3H3. The Bertz CT molecular complexity index is 394. The molecule has 1 aromatic rings. The van der Waals surface area contributed by atoms with Crippen LogP contribution in [0.1, 0.15) is 18.9 Å². The topological polar surface area (TPSA) is 30.5 Å². The first-order chi connectivity index (χ1) is 8.72. The normalized spacial score (nSPS) is 10.2. The van der Waals surface area contributed by atoms with E-state index < -0.39 is 0 Å². The Morgan fingerprint density at radius 3 is 2.83 bits per heavy atom. The minimum absolute atomic E-state index is 0.461. The van der Waals surface area contributed by atoms with E-state index in [1.807, 2.05) is 12.1 Å². The molecule has 0 spiro atoms. The van der Waals surface area contributed by atoms with Gasteiger partial charge in [-0.2, -0.15) is 0 Å². The molecule has 4 heteroatoms. The van der Waals surface area contributed by atoms with Crippen molar-refractivity contribution in [1.29, 1.82) is 0 Å². The molecule has 1 N–H and O–H groups in total. The maximum absolute atomic E-state index is 5.58. The Kier molecular flexibility index (Phi) is 6.83. The Labute approximate surface area is 117 Å². The van der Waals surface area contributed by atoms with Gasteiger partial charge in [0.05, 0.1) is 11.6 Å². The van der Waals surface area contributed by atoms with E-state index in [1.54, 1.807) is 13.2 Å². The zero-order chi connectivity index (χ0) is 13.4. The number of ether oxygens (including phenoxy) is 2. The molecule has 0 amide bonds. The Hall–Kier alpha value is -1.00. The molecule has 0 aliphatic heterocycles. The Morgan fingerprint density at radius 2 is 2.22 bits per heavy atom. The molecule has 0 bridgehead atoms. The van der Waals surface area contributed by atoms with E-state index in [1.165, 1.54) is 0 Å². The average molecular weight is 314 g/mol. The molecule has 18 heavy (non-hydrogen) atoms. The third-order valence-electron chi connectivity index (χ3n) is 2.39. The number of hydrogen-bond donors (Lipinski definition) is 1. The van der Waals surface area contributed by atoms with Crippen LogP contribution in [0, 0.1) is 0 Å². The van der Waals surface area contributed by atoms with Gasteiger partial charge in [0.25, 0.3) is 0 Å². The molecule has 0 saturated carbocycles. The molecule has 0 radical (unpaired) electrons. The first-order valence-electron chi connectivity index (χ1n) is 6.03. The molecule has 1 rings (SSSR count). The van der Waals surface area contributed by atoms with Gasteiger partial charge in [-0.25, -0.2) is 0 Å². The Balaban J connectivity index is 2.84. The van der Waals surface area contributed by atoms with Crippen molar-refractivity contribution in [3.63, 3.8) is 0 Å². The lowest BCUT2D eigenvalue weighted by Crippen LogP contribution is -2.14. The lowest BCUT2D eigenvalue weighted by Gasteiger charge is -2.13. The average Bonchev–Trinajstić information content (AvgIpc) is 2.37.